The minimum atomic E-state index is -0.204. The fourth-order valence-corrected chi connectivity index (χ4v) is 1.71. The highest BCUT2D eigenvalue weighted by Gasteiger charge is 2.07. The average Bonchev–Trinajstić information content (AvgIpc) is 2.55. The Labute approximate surface area is 94.4 Å². The predicted molar refractivity (Wildman–Crippen MR) is 63.7 cm³/mol. The van der Waals surface area contributed by atoms with Crippen molar-refractivity contribution in [3.63, 3.8) is 0 Å². The van der Waals surface area contributed by atoms with E-state index < -0.39 is 0 Å². The highest BCUT2D eigenvalue weighted by atomic mass is 16.5. The number of aromatic amines is 1. The number of esters is 1. The summed E-state index contributed by atoms with van der Waals surface area (Å²) in [6.45, 7) is 5.87. The smallest absolute Gasteiger partial charge is 0.310 e. The Kier molecular flexibility index (Phi) is 2.69. The Morgan fingerprint density at radius 2 is 2.12 bits per heavy atom. The number of ether oxygens (including phenoxy) is 1. The first-order chi connectivity index (χ1) is 7.61. The molecule has 3 nitrogen and oxygen atoms in total. The lowest BCUT2D eigenvalue weighted by molar-refractivity contribution is -0.134. The number of nitrogens with one attached hydrogen (secondary N) is 1. The molecule has 0 fully saturated rings. The Morgan fingerprint density at radius 3 is 2.81 bits per heavy atom. The van der Waals surface area contributed by atoms with Crippen LogP contribution in [0.5, 0.6) is 5.75 Å². The van der Waals surface area contributed by atoms with Gasteiger partial charge in [0.2, 0.25) is 0 Å². The number of aryl methyl sites for hydroxylation is 2. The summed E-state index contributed by atoms with van der Waals surface area (Å²) >= 11 is 0. The van der Waals surface area contributed by atoms with E-state index in [0.29, 0.717) is 12.2 Å². The second-order valence-electron chi connectivity index (χ2n) is 3.91. The van der Waals surface area contributed by atoms with Gasteiger partial charge in [-0.2, -0.15) is 0 Å². The largest absolute Gasteiger partial charge is 0.427 e. The van der Waals surface area contributed by atoms with E-state index in [1.165, 1.54) is 5.56 Å². The molecule has 0 spiro atoms. The number of rotatable bonds is 2. The zero-order valence-electron chi connectivity index (χ0n) is 9.76. The standard InChI is InChI=1S/C13H15NO2/c1-4-13(15)16-10-5-6-12-11(7-10)8(2)9(3)14-12/h5-7,14H,4H2,1-3H3. The van der Waals surface area contributed by atoms with Crippen LogP contribution in [0.2, 0.25) is 0 Å². The second-order valence-corrected chi connectivity index (χ2v) is 3.91. The number of carbonyl (C=O) groups is 1. The van der Waals surface area contributed by atoms with Crippen LogP contribution in [0.3, 0.4) is 0 Å². The van der Waals surface area contributed by atoms with E-state index in [1.54, 1.807) is 6.92 Å². The van der Waals surface area contributed by atoms with Gasteiger partial charge in [0.1, 0.15) is 5.75 Å². The normalized spacial score (nSPS) is 10.7. The summed E-state index contributed by atoms with van der Waals surface area (Å²) in [7, 11) is 0. The van der Waals surface area contributed by atoms with E-state index in [0.717, 1.165) is 16.6 Å². The van der Waals surface area contributed by atoms with Crippen molar-refractivity contribution >= 4 is 16.9 Å². The molecule has 0 saturated carbocycles. The van der Waals surface area contributed by atoms with Crippen LogP contribution in [-0.4, -0.2) is 11.0 Å². The zero-order valence-corrected chi connectivity index (χ0v) is 9.76. The molecule has 0 aliphatic heterocycles. The van der Waals surface area contributed by atoms with Gasteiger partial charge in [0, 0.05) is 23.0 Å². The number of benzene rings is 1. The minimum Gasteiger partial charge on any atom is -0.427 e. The highest BCUT2D eigenvalue weighted by Crippen LogP contribution is 2.25. The lowest BCUT2D eigenvalue weighted by atomic mass is 10.1. The summed E-state index contributed by atoms with van der Waals surface area (Å²) < 4.78 is 5.18. The first-order valence-corrected chi connectivity index (χ1v) is 5.41. The third kappa shape index (κ3) is 1.81. The summed E-state index contributed by atoms with van der Waals surface area (Å²) in [5, 5.41) is 1.11. The number of hydrogen-bond acceptors (Lipinski definition) is 2. The Bertz CT molecular complexity index is 540. The van der Waals surface area contributed by atoms with Crippen molar-refractivity contribution in [3.05, 3.63) is 29.5 Å². The Morgan fingerprint density at radius 1 is 1.38 bits per heavy atom. The van der Waals surface area contributed by atoms with Gasteiger partial charge in [-0.25, -0.2) is 0 Å². The summed E-state index contributed by atoms with van der Waals surface area (Å²) in [6, 6.07) is 5.65. The van der Waals surface area contributed by atoms with Crippen LogP contribution < -0.4 is 4.74 Å². The molecule has 2 rings (SSSR count). The third-order valence-corrected chi connectivity index (χ3v) is 2.80. The van der Waals surface area contributed by atoms with Gasteiger partial charge >= 0.3 is 5.97 Å². The van der Waals surface area contributed by atoms with Gasteiger partial charge in [0.15, 0.2) is 0 Å². The average molecular weight is 217 g/mol. The van der Waals surface area contributed by atoms with E-state index in [-0.39, 0.29) is 5.97 Å². The third-order valence-electron chi connectivity index (χ3n) is 2.80. The molecular weight excluding hydrogens is 202 g/mol. The van der Waals surface area contributed by atoms with Crippen LogP contribution in [0.1, 0.15) is 24.6 Å². The van der Waals surface area contributed by atoms with E-state index in [1.807, 2.05) is 25.1 Å². The lowest BCUT2D eigenvalue weighted by Crippen LogP contribution is -2.05. The number of hydrogen-bond donors (Lipinski definition) is 1. The number of carbonyl (C=O) groups excluding carboxylic acids is 1. The van der Waals surface area contributed by atoms with Gasteiger partial charge in [-0.1, -0.05) is 6.92 Å². The molecule has 16 heavy (non-hydrogen) atoms. The van der Waals surface area contributed by atoms with Crippen LogP contribution in [0.25, 0.3) is 10.9 Å². The van der Waals surface area contributed by atoms with Gasteiger partial charge in [-0.3, -0.25) is 4.79 Å². The van der Waals surface area contributed by atoms with Gasteiger partial charge in [-0.15, -0.1) is 0 Å². The Balaban J connectivity index is 2.43. The fourth-order valence-electron chi connectivity index (χ4n) is 1.71. The first kappa shape index (κ1) is 10.7. The molecule has 3 heteroatoms. The zero-order chi connectivity index (χ0) is 11.7. The van der Waals surface area contributed by atoms with Gasteiger partial charge in [-0.05, 0) is 37.6 Å². The quantitative estimate of drug-likeness (QED) is 0.620. The molecule has 1 aromatic heterocycles. The summed E-state index contributed by atoms with van der Waals surface area (Å²) in [4.78, 5) is 14.5. The van der Waals surface area contributed by atoms with Crippen LogP contribution >= 0.6 is 0 Å². The molecule has 0 saturated heterocycles. The number of fused-ring (bicyclic) bond motifs is 1. The SMILES string of the molecule is CCC(=O)Oc1ccc2[nH]c(C)c(C)c2c1. The van der Waals surface area contributed by atoms with Crippen molar-refractivity contribution in [1.82, 2.24) is 4.98 Å². The molecule has 2 aromatic rings. The maximum absolute atomic E-state index is 11.2. The van der Waals surface area contributed by atoms with Crippen molar-refractivity contribution in [2.24, 2.45) is 0 Å². The minimum absolute atomic E-state index is 0.204. The molecule has 1 heterocycles. The van der Waals surface area contributed by atoms with Crippen molar-refractivity contribution in [2.75, 3.05) is 0 Å². The summed E-state index contributed by atoms with van der Waals surface area (Å²) in [5.74, 6) is 0.408. The monoisotopic (exact) mass is 217 g/mol. The highest BCUT2D eigenvalue weighted by molar-refractivity contribution is 5.86. The van der Waals surface area contributed by atoms with E-state index >= 15 is 0 Å². The van der Waals surface area contributed by atoms with E-state index in [4.69, 9.17) is 4.74 Å². The van der Waals surface area contributed by atoms with E-state index in [9.17, 15) is 4.79 Å². The van der Waals surface area contributed by atoms with E-state index in [2.05, 4.69) is 11.9 Å². The number of aromatic nitrogens is 1. The molecule has 0 aliphatic rings. The van der Waals surface area contributed by atoms with Crippen LogP contribution in [0.15, 0.2) is 18.2 Å². The molecule has 0 amide bonds. The molecule has 1 N–H and O–H groups in total. The van der Waals surface area contributed by atoms with Crippen molar-refractivity contribution in [3.8, 4) is 5.75 Å². The fraction of sp³-hybridized carbons (Fsp3) is 0.308. The van der Waals surface area contributed by atoms with Gasteiger partial charge in [0.25, 0.3) is 0 Å². The topological polar surface area (TPSA) is 42.1 Å². The maximum Gasteiger partial charge on any atom is 0.310 e. The molecule has 0 unspecified atom stereocenters. The molecular formula is C13H15NO2. The Hall–Kier alpha value is -1.77. The molecule has 1 aromatic carbocycles. The molecule has 0 aliphatic carbocycles. The van der Waals surface area contributed by atoms with Gasteiger partial charge in [0.05, 0.1) is 0 Å². The number of H-pyrrole nitrogens is 1. The van der Waals surface area contributed by atoms with Crippen LogP contribution in [0.4, 0.5) is 0 Å². The van der Waals surface area contributed by atoms with Crippen molar-refractivity contribution in [1.29, 1.82) is 0 Å². The van der Waals surface area contributed by atoms with Crippen LogP contribution in [-0.2, 0) is 4.79 Å². The first-order valence-electron chi connectivity index (χ1n) is 5.41. The maximum atomic E-state index is 11.2. The molecule has 0 radical (unpaired) electrons. The second kappa shape index (κ2) is 4.00. The summed E-state index contributed by atoms with van der Waals surface area (Å²) in [5.41, 5.74) is 3.42. The molecule has 0 bridgehead atoms. The van der Waals surface area contributed by atoms with Crippen molar-refractivity contribution < 1.29 is 9.53 Å². The van der Waals surface area contributed by atoms with Gasteiger partial charge < -0.3 is 9.72 Å². The molecule has 0 atom stereocenters. The molecule has 84 valence electrons. The predicted octanol–water partition coefficient (Wildman–Crippen LogP) is 3.10. The lowest BCUT2D eigenvalue weighted by Gasteiger charge is -2.02. The van der Waals surface area contributed by atoms with Crippen LogP contribution in [0, 0.1) is 13.8 Å². The summed E-state index contributed by atoms with van der Waals surface area (Å²) in [6.07, 6.45) is 0.392. The van der Waals surface area contributed by atoms with Crippen molar-refractivity contribution in [2.45, 2.75) is 27.2 Å².